The number of aromatic nitrogens is 2. The molecule has 0 atom stereocenters. The van der Waals surface area contributed by atoms with Gasteiger partial charge in [0.15, 0.2) is 0 Å². The normalized spacial score (nSPS) is 11.2. The van der Waals surface area contributed by atoms with Crippen LogP contribution in [0.5, 0.6) is 0 Å². The van der Waals surface area contributed by atoms with Crippen molar-refractivity contribution in [2.24, 2.45) is 0 Å². The van der Waals surface area contributed by atoms with Crippen LogP contribution in [-0.4, -0.2) is 9.55 Å². The van der Waals surface area contributed by atoms with Crippen LogP contribution in [0.25, 0.3) is 60.6 Å². The van der Waals surface area contributed by atoms with Crippen molar-refractivity contribution in [1.29, 1.82) is 5.26 Å². The molecule has 0 aliphatic heterocycles. The number of hydrogen-bond donors (Lipinski definition) is 0. The summed E-state index contributed by atoms with van der Waals surface area (Å²) in [5, 5.41) is 14.2. The summed E-state index contributed by atoms with van der Waals surface area (Å²) in [7, 11) is 0. The maximum Gasteiger partial charge on any atom is 0.0992 e. The average molecular weight is 472 g/mol. The monoisotopic (exact) mass is 471 g/mol. The summed E-state index contributed by atoms with van der Waals surface area (Å²) >= 11 is 0. The first-order valence-electron chi connectivity index (χ1n) is 12.3. The van der Waals surface area contributed by atoms with Gasteiger partial charge in [-0.3, -0.25) is 4.98 Å². The largest absolute Gasteiger partial charge is 0.309 e. The zero-order valence-corrected chi connectivity index (χ0v) is 20.0. The third-order valence-electron chi connectivity index (χ3n) is 7.06. The van der Waals surface area contributed by atoms with Crippen molar-refractivity contribution in [3.8, 4) is 34.1 Å². The molecule has 0 radical (unpaired) electrons. The van der Waals surface area contributed by atoms with Crippen molar-refractivity contribution in [2.45, 2.75) is 0 Å². The topological polar surface area (TPSA) is 41.6 Å². The summed E-state index contributed by atoms with van der Waals surface area (Å²) in [6.45, 7) is 0. The van der Waals surface area contributed by atoms with E-state index in [0.29, 0.717) is 5.56 Å². The molecule has 0 unspecified atom stereocenters. The van der Waals surface area contributed by atoms with E-state index in [2.05, 4.69) is 113 Å². The van der Waals surface area contributed by atoms with Crippen molar-refractivity contribution in [3.63, 3.8) is 0 Å². The molecule has 0 bridgehead atoms. The van der Waals surface area contributed by atoms with Gasteiger partial charge in [-0.05, 0) is 58.3 Å². The fraction of sp³-hybridized carbons (Fsp3) is 0. The predicted molar refractivity (Wildman–Crippen MR) is 152 cm³/mol. The molecular weight excluding hydrogens is 450 g/mol. The van der Waals surface area contributed by atoms with Crippen LogP contribution in [0.3, 0.4) is 0 Å². The summed E-state index contributed by atoms with van der Waals surface area (Å²) in [5.41, 5.74) is 8.17. The first-order chi connectivity index (χ1) is 18.3. The SMILES string of the molecule is N#Cc1ccnc(-c2cc3c(c4ccccc24)c2ccc(-c4ccccc4)cc2n3-c2ccccc2)c1. The minimum atomic E-state index is 0.602. The molecule has 0 aliphatic rings. The molecule has 0 aliphatic carbocycles. The van der Waals surface area contributed by atoms with E-state index in [-0.39, 0.29) is 0 Å². The highest BCUT2D eigenvalue weighted by Gasteiger charge is 2.19. The molecule has 0 saturated carbocycles. The van der Waals surface area contributed by atoms with Crippen LogP contribution in [0.1, 0.15) is 5.56 Å². The highest BCUT2D eigenvalue weighted by atomic mass is 15.0. The van der Waals surface area contributed by atoms with Crippen molar-refractivity contribution in [2.75, 3.05) is 0 Å². The lowest BCUT2D eigenvalue weighted by Crippen LogP contribution is -1.95. The molecule has 7 rings (SSSR count). The summed E-state index contributed by atoms with van der Waals surface area (Å²) in [6.07, 6.45) is 1.71. The lowest BCUT2D eigenvalue weighted by atomic mass is 9.96. The van der Waals surface area contributed by atoms with E-state index in [0.717, 1.165) is 33.4 Å². The molecule has 2 heterocycles. The molecule has 3 heteroatoms. The predicted octanol–water partition coefficient (Wildman–Crippen LogP) is 8.54. The van der Waals surface area contributed by atoms with Crippen molar-refractivity contribution in [1.82, 2.24) is 9.55 Å². The number of rotatable bonds is 3. The molecule has 0 saturated heterocycles. The second kappa shape index (κ2) is 8.48. The van der Waals surface area contributed by atoms with E-state index in [1.165, 1.54) is 27.3 Å². The maximum absolute atomic E-state index is 9.52. The van der Waals surface area contributed by atoms with Crippen molar-refractivity contribution >= 4 is 32.6 Å². The van der Waals surface area contributed by atoms with Crippen LogP contribution in [0.15, 0.2) is 128 Å². The average Bonchev–Trinajstić information content (AvgIpc) is 3.31. The van der Waals surface area contributed by atoms with E-state index in [4.69, 9.17) is 0 Å². The first kappa shape index (κ1) is 21.1. The molecule has 2 aromatic heterocycles. The number of nitrogens with zero attached hydrogens (tertiary/aromatic N) is 3. The third kappa shape index (κ3) is 3.39. The minimum Gasteiger partial charge on any atom is -0.309 e. The van der Waals surface area contributed by atoms with Crippen LogP contribution < -0.4 is 0 Å². The smallest absolute Gasteiger partial charge is 0.0992 e. The Bertz CT molecular complexity index is 1980. The van der Waals surface area contributed by atoms with E-state index in [1.807, 2.05) is 18.2 Å². The number of benzene rings is 5. The van der Waals surface area contributed by atoms with Crippen LogP contribution in [-0.2, 0) is 0 Å². The number of nitriles is 1. The van der Waals surface area contributed by atoms with E-state index < -0.39 is 0 Å². The van der Waals surface area contributed by atoms with Gasteiger partial charge in [0.2, 0.25) is 0 Å². The highest BCUT2D eigenvalue weighted by Crippen LogP contribution is 2.42. The van der Waals surface area contributed by atoms with Gasteiger partial charge in [0.1, 0.15) is 0 Å². The Morgan fingerprint density at radius 1 is 0.595 bits per heavy atom. The summed E-state index contributed by atoms with van der Waals surface area (Å²) in [5.74, 6) is 0. The molecule has 0 N–H and O–H groups in total. The minimum absolute atomic E-state index is 0.602. The van der Waals surface area contributed by atoms with Gasteiger partial charge in [-0.2, -0.15) is 5.26 Å². The van der Waals surface area contributed by atoms with E-state index in [9.17, 15) is 5.26 Å². The van der Waals surface area contributed by atoms with Gasteiger partial charge >= 0.3 is 0 Å². The lowest BCUT2D eigenvalue weighted by molar-refractivity contribution is 1.18. The Labute approximate surface area is 214 Å². The number of para-hydroxylation sites is 1. The van der Waals surface area contributed by atoms with Crippen LogP contribution in [0, 0.1) is 11.3 Å². The molecule has 0 fully saturated rings. The zero-order chi connectivity index (χ0) is 24.8. The first-order valence-corrected chi connectivity index (χ1v) is 12.3. The second-order valence-corrected chi connectivity index (χ2v) is 9.17. The fourth-order valence-corrected chi connectivity index (χ4v) is 5.40. The van der Waals surface area contributed by atoms with Gasteiger partial charge in [-0.1, -0.05) is 84.9 Å². The fourth-order valence-electron chi connectivity index (χ4n) is 5.40. The van der Waals surface area contributed by atoms with Crippen molar-refractivity contribution in [3.05, 3.63) is 133 Å². The van der Waals surface area contributed by atoms with Crippen LogP contribution in [0.4, 0.5) is 0 Å². The number of hydrogen-bond acceptors (Lipinski definition) is 2. The Morgan fingerprint density at radius 3 is 2.11 bits per heavy atom. The molecule has 7 aromatic rings. The van der Waals surface area contributed by atoms with Gasteiger partial charge in [-0.15, -0.1) is 0 Å². The van der Waals surface area contributed by atoms with E-state index >= 15 is 0 Å². The molecule has 0 amide bonds. The van der Waals surface area contributed by atoms with Crippen LogP contribution >= 0.6 is 0 Å². The van der Waals surface area contributed by atoms with E-state index in [1.54, 1.807) is 12.3 Å². The summed E-state index contributed by atoms with van der Waals surface area (Å²) in [6, 6.07) is 44.4. The Hall–Kier alpha value is -5.20. The Morgan fingerprint density at radius 2 is 1.32 bits per heavy atom. The Kier molecular flexibility index (Phi) is 4.84. The molecular formula is C34H21N3. The lowest BCUT2D eigenvalue weighted by Gasteiger charge is -2.12. The van der Waals surface area contributed by atoms with Gasteiger partial charge in [-0.25, -0.2) is 0 Å². The Balaban J connectivity index is 1.65. The standard InChI is InChI=1S/C34H21N3/c35-22-23-17-18-36-31(19-23)30-21-33-34(28-14-8-7-13-27(28)30)29-16-15-25(24-9-3-1-4-10-24)20-32(29)37(33)26-11-5-2-6-12-26/h1-21H. The molecule has 37 heavy (non-hydrogen) atoms. The second-order valence-electron chi connectivity index (χ2n) is 9.17. The summed E-state index contributed by atoms with van der Waals surface area (Å²) < 4.78 is 2.35. The van der Waals surface area contributed by atoms with Gasteiger partial charge in [0.05, 0.1) is 28.4 Å². The third-order valence-corrected chi connectivity index (χ3v) is 7.06. The summed E-state index contributed by atoms with van der Waals surface area (Å²) in [4.78, 5) is 4.66. The number of pyridine rings is 1. The van der Waals surface area contributed by atoms with Gasteiger partial charge < -0.3 is 4.57 Å². The van der Waals surface area contributed by atoms with Gasteiger partial charge in [0.25, 0.3) is 0 Å². The highest BCUT2D eigenvalue weighted by molar-refractivity contribution is 6.24. The molecule has 5 aromatic carbocycles. The van der Waals surface area contributed by atoms with Gasteiger partial charge in [0, 0.05) is 28.2 Å². The quantitative estimate of drug-likeness (QED) is 0.259. The number of fused-ring (bicyclic) bond motifs is 5. The van der Waals surface area contributed by atoms with Crippen LogP contribution in [0.2, 0.25) is 0 Å². The molecule has 172 valence electrons. The zero-order valence-electron chi connectivity index (χ0n) is 20.0. The molecule has 0 spiro atoms. The van der Waals surface area contributed by atoms with Crippen molar-refractivity contribution < 1.29 is 0 Å². The molecule has 3 nitrogen and oxygen atoms in total. The maximum atomic E-state index is 9.52.